The number of aliphatic hydroxyl groups excluding tert-OH is 1. The fourth-order valence-corrected chi connectivity index (χ4v) is 1.14. The summed E-state index contributed by atoms with van der Waals surface area (Å²) in [6.45, 7) is 1.67. The smallest absolute Gasteiger partial charge is 0.208 e. The Morgan fingerprint density at radius 1 is 1.14 bits per heavy atom. The van der Waals surface area contributed by atoms with Crippen LogP contribution < -0.4 is 4.72 Å². The van der Waals surface area contributed by atoms with Crippen LogP contribution in [0, 0.1) is 0 Å². The van der Waals surface area contributed by atoms with Crippen molar-refractivity contribution in [2.75, 3.05) is 45.8 Å². The van der Waals surface area contributed by atoms with Gasteiger partial charge in [-0.2, -0.15) is 0 Å². The minimum absolute atomic E-state index is 0.00433. The summed E-state index contributed by atoms with van der Waals surface area (Å²) < 4.78 is 33.4. The third-order valence-electron chi connectivity index (χ3n) is 1.22. The highest BCUT2D eigenvalue weighted by atomic mass is 32.2. The second-order valence-electron chi connectivity index (χ2n) is 2.61. The van der Waals surface area contributed by atoms with Crippen molar-refractivity contribution in [1.29, 1.82) is 0 Å². The molecule has 14 heavy (non-hydrogen) atoms. The van der Waals surface area contributed by atoms with Crippen LogP contribution in [0.4, 0.5) is 0 Å². The average molecular weight is 227 g/mol. The quantitative estimate of drug-likeness (QED) is 0.471. The van der Waals surface area contributed by atoms with Crippen LogP contribution in [0.15, 0.2) is 0 Å². The molecular weight excluding hydrogens is 210 g/mol. The number of sulfonamides is 1. The Bertz CT molecular complexity index is 216. The van der Waals surface area contributed by atoms with Crippen LogP contribution in [0.5, 0.6) is 0 Å². The number of hydrogen-bond acceptors (Lipinski definition) is 5. The average Bonchev–Trinajstić information content (AvgIpc) is 2.08. The summed E-state index contributed by atoms with van der Waals surface area (Å²) in [6.07, 6.45) is 1.09. The first-order valence-corrected chi connectivity index (χ1v) is 6.16. The number of ether oxygens (including phenoxy) is 2. The summed E-state index contributed by atoms with van der Waals surface area (Å²) >= 11 is 0. The maximum absolute atomic E-state index is 10.6. The Balaban J connectivity index is 3.07. The van der Waals surface area contributed by atoms with Gasteiger partial charge in [0.25, 0.3) is 0 Å². The summed E-state index contributed by atoms with van der Waals surface area (Å²) in [5, 5.41) is 8.35. The molecule has 0 atom stereocenters. The van der Waals surface area contributed by atoms with Gasteiger partial charge in [0.2, 0.25) is 10.0 Å². The van der Waals surface area contributed by atoms with Gasteiger partial charge in [-0.1, -0.05) is 0 Å². The maximum Gasteiger partial charge on any atom is 0.208 e. The first kappa shape index (κ1) is 13.8. The monoisotopic (exact) mass is 227 g/mol. The third-order valence-corrected chi connectivity index (χ3v) is 1.95. The normalized spacial score (nSPS) is 11.9. The molecule has 0 fully saturated rings. The van der Waals surface area contributed by atoms with Gasteiger partial charge in [-0.3, -0.25) is 0 Å². The van der Waals surface area contributed by atoms with Crippen molar-refractivity contribution >= 4 is 10.0 Å². The molecule has 0 aliphatic carbocycles. The van der Waals surface area contributed by atoms with E-state index in [1.807, 2.05) is 0 Å². The zero-order valence-electron chi connectivity index (χ0n) is 8.23. The third kappa shape index (κ3) is 11.8. The molecule has 0 unspecified atom stereocenters. The largest absolute Gasteiger partial charge is 0.394 e. The number of rotatable bonds is 9. The van der Waals surface area contributed by atoms with Gasteiger partial charge in [-0.05, 0) is 0 Å². The number of nitrogens with one attached hydrogen (secondary N) is 1. The van der Waals surface area contributed by atoms with Crippen LogP contribution in [-0.4, -0.2) is 59.4 Å². The Labute approximate surface area is 84.3 Å². The summed E-state index contributed by atoms with van der Waals surface area (Å²) in [6, 6.07) is 0. The minimum Gasteiger partial charge on any atom is -0.394 e. The highest BCUT2D eigenvalue weighted by Crippen LogP contribution is 1.79. The molecule has 0 heterocycles. The Morgan fingerprint density at radius 3 is 2.21 bits per heavy atom. The van der Waals surface area contributed by atoms with Gasteiger partial charge in [-0.25, -0.2) is 13.1 Å². The molecule has 0 amide bonds. The Hall–Kier alpha value is -0.210. The second kappa shape index (κ2) is 8.13. The highest BCUT2D eigenvalue weighted by molar-refractivity contribution is 7.88. The molecule has 0 aliphatic rings. The topological polar surface area (TPSA) is 84.9 Å². The van der Waals surface area contributed by atoms with Gasteiger partial charge in [-0.15, -0.1) is 0 Å². The van der Waals surface area contributed by atoms with Crippen molar-refractivity contribution in [3.05, 3.63) is 0 Å². The molecule has 0 rings (SSSR count). The fraction of sp³-hybridized carbons (Fsp3) is 1.00. The Kier molecular flexibility index (Phi) is 8.01. The van der Waals surface area contributed by atoms with E-state index >= 15 is 0 Å². The van der Waals surface area contributed by atoms with E-state index in [-0.39, 0.29) is 13.2 Å². The molecule has 0 aromatic rings. The number of aliphatic hydroxyl groups is 1. The van der Waals surface area contributed by atoms with Gasteiger partial charge >= 0.3 is 0 Å². The van der Waals surface area contributed by atoms with Crippen molar-refractivity contribution in [2.45, 2.75) is 0 Å². The molecular formula is C7H17NO5S. The van der Waals surface area contributed by atoms with E-state index < -0.39 is 10.0 Å². The molecule has 0 aromatic heterocycles. The van der Waals surface area contributed by atoms with E-state index in [0.29, 0.717) is 26.4 Å². The lowest BCUT2D eigenvalue weighted by Crippen LogP contribution is -2.26. The molecule has 0 saturated heterocycles. The van der Waals surface area contributed by atoms with Crippen LogP contribution in [0.1, 0.15) is 0 Å². The zero-order valence-corrected chi connectivity index (χ0v) is 9.05. The van der Waals surface area contributed by atoms with Gasteiger partial charge in [0.05, 0.1) is 39.3 Å². The first-order valence-electron chi connectivity index (χ1n) is 4.27. The van der Waals surface area contributed by atoms with Crippen molar-refractivity contribution in [3.8, 4) is 0 Å². The van der Waals surface area contributed by atoms with Crippen molar-refractivity contribution < 1.29 is 23.0 Å². The van der Waals surface area contributed by atoms with E-state index in [1.54, 1.807) is 0 Å². The van der Waals surface area contributed by atoms with E-state index in [4.69, 9.17) is 14.6 Å². The standard InChI is InChI=1S/C7H17NO5S/c1-14(10,11)8-2-4-12-6-7-13-5-3-9/h8-9H,2-7H2,1H3. The molecule has 0 spiro atoms. The Morgan fingerprint density at radius 2 is 1.71 bits per heavy atom. The molecule has 0 bridgehead atoms. The van der Waals surface area contributed by atoms with Crippen molar-refractivity contribution in [3.63, 3.8) is 0 Å². The zero-order chi connectivity index (χ0) is 10.9. The summed E-state index contributed by atoms with van der Waals surface area (Å²) in [5.41, 5.74) is 0. The molecule has 0 aromatic carbocycles. The predicted molar refractivity (Wildman–Crippen MR) is 51.6 cm³/mol. The fourth-order valence-electron chi connectivity index (χ4n) is 0.686. The maximum atomic E-state index is 10.6. The summed E-state index contributed by atoms with van der Waals surface area (Å²) in [5.74, 6) is 0. The number of hydrogen-bond donors (Lipinski definition) is 2. The van der Waals surface area contributed by atoms with E-state index in [2.05, 4.69) is 4.72 Å². The SMILES string of the molecule is CS(=O)(=O)NCCOCCOCCO. The van der Waals surface area contributed by atoms with Crippen LogP contribution >= 0.6 is 0 Å². The molecule has 0 saturated carbocycles. The van der Waals surface area contributed by atoms with Gasteiger partial charge in [0.1, 0.15) is 0 Å². The van der Waals surface area contributed by atoms with Gasteiger partial charge < -0.3 is 14.6 Å². The molecule has 86 valence electrons. The molecule has 0 radical (unpaired) electrons. The van der Waals surface area contributed by atoms with Crippen LogP contribution in [-0.2, 0) is 19.5 Å². The lowest BCUT2D eigenvalue weighted by atomic mass is 10.7. The lowest BCUT2D eigenvalue weighted by Gasteiger charge is -2.04. The summed E-state index contributed by atoms with van der Waals surface area (Å²) in [4.78, 5) is 0. The van der Waals surface area contributed by atoms with E-state index in [9.17, 15) is 8.42 Å². The van der Waals surface area contributed by atoms with Crippen LogP contribution in [0.2, 0.25) is 0 Å². The lowest BCUT2D eigenvalue weighted by molar-refractivity contribution is 0.0349. The van der Waals surface area contributed by atoms with E-state index in [0.717, 1.165) is 6.26 Å². The molecule has 6 nitrogen and oxygen atoms in total. The molecule has 7 heteroatoms. The second-order valence-corrected chi connectivity index (χ2v) is 4.45. The minimum atomic E-state index is -3.12. The molecule has 2 N–H and O–H groups in total. The van der Waals surface area contributed by atoms with Crippen molar-refractivity contribution in [2.24, 2.45) is 0 Å². The summed E-state index contributed by atoms with van der Waals surface area (Å²) in [7, 11) is -3.12. The molecule has 0 aliphatic heterocycles. The van der Waals surface area contributed by atoms with Gasteiger partial charge in [0.15, 0.2) is 0 Å². The predicted octanol–water partition coefficient (Wildman–Crippen LogP) is -1.44. The van der Waals surface area contributed by atoms with Crippen LogP contribution in [0.3, 0.4) is 0 Å². The van der Waals surface area contributed by atoms with Gasteiger partial charge in [0, 0.05) is 6.54 Å². The highest BCUT2D eigenvalue weighted by Gasteiger charge is 1.98. The van der Waals surface area contributed by atoms with E-state index in [1.165, 1.54) is 0 Å². The van der Waals surface area contributed by atoms with Crippen LogP contribution in [0.25, 0.3) is 0 Å². The van der Waals surface area contributed by atoms with Crippen molar-refractivity contribution in [1.82, 2.24) is 4.72 Å². The first-order chi connectivity index (χ1) is 6.56.